The summed E-state index contributed by atoms with van der Waals surface area (Å²) in [5.41, 5.74) is 7.38. The second kappa shape index (κ2) is 9.74. The summed E-state index contributed by atoms with van der Waals surface area (Å²) < 4.78 is 27.1. The van der Waals surface area contributed by atoms with Crippen LogP contribution in [0.25, 0.3) is 0 Å². The van der Waals surface area contributed by atoms with Crippen LogP contribution in [0.1, 0.15) is 46.4 Å². The fourth-order valence-corrected chi connectivity index (χ4v) is 3.78. The molecule has 1 aromatic carbocycles. The summed E-state index contributed by atoms with van der Waals surface area (Å²) in [6.45, 7) is 2.81. The number of nitrogens with zero attached hydrogens (tertiary/aromatic N) is 6. The number of nitrogen functional groups attached to an aromatic ring is 1. The largest absolute Gasteiger partial charge is 0.467 e. The van der Waals surface area contributed by atoms with Crippen LogP contribution in [0, 0.1) is 17.1 Å². The molecule has 0 radical (unpaired) electrons. The van der Waals surface area contributed by atoms with Crippen molar-refractivity contribution in [2.45, 2.75) is 25.6 Å². The molecule has 2 aromatic heterocycles. The third-order valence-corrected chi connectivity index (χ3v) is 5.70. The van der Waals surface area contributed by atoms with Gasteiger partial charge >= 0.3 is 0 Å². The highest BCUT2D eigenvalue weighted by atomic mass is 79.9. The molecule has 1 amide bonds. The molecule has 0 spiro atoms. The number of ether oxygens (including phenoxy) is 2. The SMILES string of the molecule is C[C@@H](Oc1nc(Br)cnc1N)c1cc(F)ccc1C(=O)N(C)Cc1cc(C#N)n(C2COC2)n1. The van der Waals surface area contributed by atoms with Crippen molar-refractivity contribution in [1.82, 2.24) is 24.6 Å². The molecule has 1 fully saturated rings. The number of aromatic nitrogens is 4. The lowest BCUT2D eigenvalue weighted by atomic mass is 10.0. The zero-order valence-corrected chi connectivity index (χ0v) is 20.0. The number of halogens is 2. The standard InChI is InChI=1S/C22H21BrFN7O3/c1-12(34-21-20(26)27-8-19(23)28-21)18-5-13(24)3-4-17(18)22(32)30(2)9-14-6-15(7-25)31(29-14)16-10-33-11-16/h3-6,8,12,16H,9-11H2,1-2H3,(H2,26,27)/t12-/m1/s1. The summed E-state index contributed by atoms with van der Waals surface area (Å²) in [5, 5.41) is 13.9. The zero-order valence-electron chi connectivity index (χ0n) is 18.4. The lowest BCUT2D eigenvalue weighted by Gasteiger charge is -2.26. The average Bonchev–Trinajstić information content (AvgIpc) is 3.16. The van der Waals surface area contributed by atoms with Crippen molar-refractivity contribution in [3.63, 3.8) is 0 Å². The van der Waals surface area contributed by atoms with E-state index >= 15 is 0 Å². The van der Waals surface area contributed by atoms with Crippen LogP contribution >= 0.6 is 15.9 Å². The summed E-state index contributed by atoms with van der Waals surface area (Å²) >= 11 is 3.21. The van der Waals surface area contributed by atoms with Crippen molar-refractivity contribution in [3.05, 3.63) is 63.4 Å². The average molecular weight is 530 g/mol. The first-order valence-electron chi connectivity index (χ1n) is 10.3. The molecule has 34 heavy (non-hydrogen) atoms. The Labute approximate surface area is 203 Å². The number of anilines is 1. The van der Waals surface area contributed by atoms with E-state index in [9.17, 15) is 14.4 Å². The van der Waals surface area contributed by atoms with E-state index in [-0.39, 0.29) is 35.8 Å². The molecule has 3 heterocycles. The van der Waals surface area contributed by atoms with E-state index in [4.69, 9.17) is 15.2 Å². The van der Waals surface area contributed by atoms with Crippen LogP contribution < -0.4 is 10.5 Å². The van der Waals surface area contributed by atoms with E-state index in [1.54, 1.807) is 24.7 Å². The van der Waals surface area contributed by atoms with E-state index in [1.165, 1.54) is 29.3 Å². The van der Waals surface area contributed by atoms with Gasteiger partial charge in [-0.15, -0.1) is 0 Å². The van der Waals surface area contributed by atoms with Crippen LogP contribution in [0.2, 0.25) is 0 Å². The topological polar surface area (TPSA) is 132 Å². The molecule has 3 aromatic rings. The lowest BCUT2D eigenvalue weighted by Crippen LogP contribution is -2.32. The van der Waals surface area contributed by atoms with Crippen LogP contribution in [0.4, 0.5) is 10.2 Å². The third kappa shape index (κ3) is 4.85. The molecule has 0 aliphatic carbocycles. The molecule has 12 heteroatoms. The Kier molecular flexibility index (Phi) is 6.76. The molecule has 0 saturated carbocycles. The van der Waals surface area contributed by atoms with Gasteiger partial charge in [-0.3, -0.25) is 4.79 Å². The van der Waals surface area contributed by atoms with Crippen LogP contribution in [0.15, 0.2) is 35.1 Å². The second-order valence-electron chi connectivity index (χ2n) is 7.80. The maximum absolute atomic E-state index is 14.1. The molecule has 1 atom stereocenters. The molecule has 10 nitrogen and oxygen atoms in total. The van der Waals surface area contributed by atoms with E-state index in [2.05, 4.69) is 37.1 Å². The summed E-state index contributed by atoms with van der Waals surface area (Å²) in [7, 11) is 1.61. The van der Waals surface area contributed by atoms with Crippen molar-refractivity contribution in [2.75, 3.05) is 26.0 Å². The highest BCUT2D eigenvalue weighted by Gasteiger charge is 2.26. The zero-order chi connectivity index (χ0) is 24.4. The first kappa shape index (κ1) is 23.6. The number of rotatable bonds is 7. The first-order valence-corrected chi connectivity index (χ1v) is 11.1. The van der Waals surface area contributed by atoms with Crippen LogP contribution in [-0.2, 0) is 11.3 Å². The number of nitriles is 1. The van der Waals surface area contributed by atoms with Gasteiger partial charge in [0.25, 0.3) is 11.8 Å². The maximum Gasteiger partial charge on any atom is 0.258 e. The Morgan fingerprint density at radius 1 is 1.47 bits per heavy atom. The van der Waals surface area contributed by atoms with E-state index in [0.29, 0.717) is 34.8 Å². The van der Waals surface area contributed by atoms with Gasteiger partial charge in [0.2, 0.25) is 0 Å². The van der Waals surface area contributed by atoms with Gasteiger partial charge in [0, 0.05) is 18.2 Å². The number of carbonyl (C=O) groups excluding carboxylic acids is 1. The predicted molar refractivity (Wildman–Crippen MR) is 122 cm³/mol. The maximum atomic E-state index is 14.1. The predicted octanol–water partition coefficient (Wildman–Crippen LogP) is 3.01. The van der Waals surface area contributed by atoms with Gasteiger partial charge < -0.3 is 20.1 Å². The molecule has 4 rings (SSSR count). The molecule has 176 valence electrons. The van der Waals surface area contributed by atoms with Crippen LogP contribution in [0.3, 0.4) is 0 Å². The minimum Gasteiger partial charge on any atom is -0.467 e. The van der Waals surface area contributed by atoms with Crippen LogP contribution in [0.5, 0.6) is 5.88 Å². The number of hydrogen-bond donors (Lipinski definition) is 1. The number of benzene rings is 1. The van der Waals surface area contributed by atoms with Gasteiger partial charge in [-0.05, 0) is 47.1 Å². The van der Waals surface area contributed by atoms with Gasteiger partial charge in [-0.25, -0.2) is 19.0 Å². The summed E-state index contributed by atoms with van der Waals surface area (Å²) in [6.07, 6.45) is 0.674. The number of nitrogens with two attached hydrogens (primary N) is 1. The van der Waals surface area contributed by atoms with E-state index in [0.717, 1.165) is 0 Å². The van der Waals surface area contributed by atoms with Gasteiger partial charge in [-0.2, -0.15) is 10.4 Å². The Balaban J connectivity index is 1.56. The van der Waals surface area contributed by atoms with Gasteiger partial charge in [0.05, 0.1) is 31.6 Å². The quantitative estimate of drug-likeness (QED) is 0.493. The summed E-state index contributed by atoms with van der Waals surface area (Å²) in [4.78, 5) is 22.8. The van der Waals surface area contributed by atoms with Gasteiger partial charge in [-0.1, -0.05) is 0 Å². The first-order chi connectivity index (χ1) is 16.3. The Bertz CT molecular complexity index is 1270. The van der Waals surface area contributed by atoms with Gasteiger partial charge in [0.1, 0.15) is 34.3 Å². The van der Waals surface area contributed by atoms with Crippen molar-refractivity contribution in [1.29, 1.82) is 5.26 Å². The third-order valence-electron chi connectivity index (χ3n) is 5.32. The Hall–Kier alpha value is -3.56. The fourth-order valence-electron chi connectivity index (χ4n) is 3.51. The molecule has 0 bridgehead atoms. The smallest absolute Gasteiger partial charge is 0.258 e. The molecule has 1 saturated heterocycles. The minimum atomic E-state index is -0.753. The van der Waals surface area contributed by atoms with E-state index < -0.39 is 11.9 Å². The summed E-state index contributed by atoms with van der Waals surface area (Å²) in [5.74, 6) is -0.749. The molecule has 1 aliphatic rings. The van der Waals surface area contributed by atoms with Crippen LogP contribution in [-0.4, -0.2) is 50.8 Å². The highest BCUT2D eigenvalue weighted by Crippen LogP contribution is 2.28. The monoisotopic (exact) mass is 529 g/mol. The molecular formula is C22H21BrFN7O3. The number of carbonyl (C=O) groups is 1. The number of hydrogen-bond acceptors (Lipinski definition) is 8. The highest BCUT2D eigenvalue weighted by molar-refractivity contribution is 9.10. The van der Waals surface area contributed by atoms with Crippen molar-refractivity contribution >= 4 is 27.7 Å². The van der Waals surface area contributed by atoms with E-state index in [1.807, 2.05) is 0 Å². The normalized spacial score (nSPS) is 14.2. The summed E-state index contributed by atoms with van der Waals surface area (Å²) in [6, 6.07) is 7.64. The molecular weight excluding hydrogens is 509 g/mol. The van der Waals surface area contributed by atoms with Crippen molar-refractivity contribution in [3.8, 4) is 11.9 Å². The molecule has 1 aliphatic heterocycles. The fraction of sp³-hybridized carbons (Fsp3) is 0.318. The molecule has 2 N–H and O–H groups in total. The van der Waals surface area contributed by atoms with Gasteiger partial charge in [0.15, 0.2) is 5.82 Å². The molecule has 0 unspecified atom stereocenters. The Morgan fingerprint density at radius 2 is 2.24 bits per heavy atom. The van der Waals surface area contributed by atoms with Crippen molar-refractivity contribution in [2.24, 2.45) is 0 Å². The number of amides is 1. The Morgan fingerprint density at radius 3 is 2.91 bits per heavy atom. The lowest BCUT2D eigenvalue weighted by molar-refractivity contribution is -0.0292. The second-order valence-corrected chi connectivity index (χ2v) is 8.62. The minimum absolute atomic E-state index is 0.0136. The van der Waals surface area contributed by atoms with Crippen molar-refractivity contribution < 1.29 is 18.7 Å².